The molecule has 0 aliphatic rings. The zero-order chi connectivity index (χ0) is 14.3. The summed E-state index contributed by atoms with van der Waals surface area (Å²) in [6, 6.07) is 4.23. The molecule has 4 heteroatoms. The molecule has 106 valence electrons. The van der Waals surface area contributed by atoms with Gasteiger partial charge in [-0.1, -0.05) is 12.1 Å². The van der Waals surface area contributed by atoms with Crippen molar-refractivity contribution in [1.82, 2.24) is 10.6 Å². The second-order valence-electron chi connectivity index (χ2n) is 4.64. The minimum Gasteiger partial charge on any atom is -0.493 e. The lowest BCUT2D eigenvalue weighted by Crippen LogP contribution is -2.24. The van der Waals surface area contributed by atoms with Crippen LogP contribution in [0.4, 0.5) is 0 Å². The van der Waals surface area contributed by atoms with Crippen molar-refractivity contribution >= 4 is 5.91 Å². The molecule has 0 aliphatic carbocycles. The first-order chi connectivity index (χ1) is 9.08. The molecule has 0 atom stereocenters. The number of hydrogen-bond acceptors (Lipinski definition) is 3. The zero-order valence-corrected chi connectivity index (χ0v) is 12.3. The van der Waals surface area contributed by atoms with Crippen LogP contribution >= 0.6 is 0 Å². The lowest BCUT2D eigenvalue weighted by Gasteiger charge is -2.14. The highest BCUT2D eigenvalue weighted by molar-refractivity contribution is 5.75. The molecule has 1 aromatic rings. The van der Waals surface area contributed by atoms with Crippen LogP contribution in [0.25, 0.3) is 0 Å². The number of carbonyl (C=O) groups is 1. The Morgan fingerprint density at radius 2 is 1.89 bits per heavy atom. The Labute approximate surface area is 115 Å². The molecule has 0 saturated heterocycles. The molecule has 0 aliphatic heterocycles. The lowest BCUT2D eigenvalue weighted by molar-refractivity contribution is -0.121. The van der Waals surface area contributed by atoms with Gasteiger partial charge in [0.05, 0.1) is 13.0 Å². The maximum absolute atomic E-state index is 11.3. The van der Waals surface area contributed by atoms with Gasteiger partial charge in [0.1, 0.15) is 5.75 Å². The lowest BCUT2D eigenvalue weighted by atomic mass is 10.1. The van der Waals surface area contributed by atoms with Gasteiger partial charge in [-0.2, -0.15) is 0 Å². The number of hydrogen-bond donors (Lipinski definition) is 2. The summed E-state index contributed by atoms with van der Waals surface area (Å²) in [7, 11) is 1.93. The van der Waals surface area contributed by atoms with Gasteiger partial charge in [-0.25, -0.2) is 0 Å². The largest absolute Gasteiger partial charge is 0.493 e. The predicted octanol–water partition coefficient (Wildman–Crippen LogP) is 1.93. The summed E-state index contributed by atoms with van der Waals surface area (Å²) in [6.07, 6.45) is 0.394. The number of carbonyl (C=O) groups excluding carboxylic acids is 1. The topological polar surface area (TPSA) is 50.4 Å². The zero-order valence-electron chi connectivity index (χ0n) is 12.3. The van der Waals surface area contributed by atoms with Crippen molar-refractivity contribution in [2.75, 3.05) is 20.2 Å². The van der Waals surface area contributed by atoms with Gasteiger partial charge in [-0.05, 0) is 44.5 Å². The van der Waals surface area contributed by atoms with Crippen LogP contribution in [-0.2, 0) is 11.3 Å². The number of amides is 1. The highest BCUT2D eigenvalue weighted by Gasteiger charge is 2.07. The van der Waals surface area contributed by atoms with Gasteiger partial charge in [0.2, 0.25) is 5.91 Å². The van der Waals surface area contributed by atoms with Crippen LogP contribution in [0, 0.1) is 13.8 Å². The number of benzene rings is 1. The molecule has 0 aromatic heterocycles. The van der Waals surface area contributed by atoms with E-state index in [-0.39, 0.29) is 5.91 Å². The summed E-state index contributed by atoms with van der Waals surface area (Å²) in [6.45, 7) is 7.91. The third kappa shape index (κ3) is 4.91. The Morgan fingerprint density at radius 3 is 2.42 bits per heavy atom. The number of nitrogens with one attached hydrogen (secondary N) is 2. The van der Waals surface area contributed by atoms with Gasteiger partial charge < -0.3 is 15.4 Å². The fraction of sp³-hybridized carbons (Fsp3) is 0.533. The summed E-state index contributed by atoms with van der Waals surface area (Å²) in [5, 5.41) is 5.90. The number of aryl methyl sites for hydroxylation is 2. The Balaban J connectivity index is 2.61. The molecule has 0 spiro atoms. The standard InChI is InChI=1S/C15H24N2O2/c1-5-17-14(18)6-7-19-15-11(2)8-13(10-16-4)9-12(15)3/h8-9,16H,5-7,10H2,1-4H3,(H,17,18). The molecule has 1 aromatic carbocycles. The second-order valence-corrected chi connectivity index (χ2v) is 4.64. The van der Waals surface area contributed by atoms with E-state index in [0.29, 0.717) is 19.6 Å². The Morgan fingerprint density at radius 1 is 1.26 bits per heavy atom. The minimum atomic E-state index is 0.0320. The van der Waals surface area contributed by atoms with Crippen LogP contribution in [0.2, 0.25) is 0 Å². The number of ether oxygens (including phenoxy) is 1. The maximum atomic E-state index is 11.3. The molecule has 0 saturated carbocycles. The van der Waals surface area contributed by atoms with Crippen molar-refractivity contribution in [2.45, 2.75) is 33.7 Å². The molecule has 4 nitrogen and oxygen atoms in total. The van der Waals surface area contributed by atoms with Gasteiger partial charge >= 0.3 is 0 Å². The Hall–Kier alpha value is -1.55. The van der Waals surface area contributed by atoms with Crippen LogP contribution in [0.3, 0.4) is 0 Å². The third-order valence-electron chi connectivity index (χ3n) is 2.85. The quantitative estimate of drug-likeness (QED) is 0.791. The maximum Gasteiger partial charge on any atom is 0.223 e. The molecule has 2 N–H and O–H groups in total. The first-order valence-corrected chi connectivity index (χ1v) is 6.72. The molecule has 0 radical (unpaired) electrons. The first-order valence-electron chi connectivity index (χ1n) is 6.72. The summed E-state index contributed by atoms with van der Waals surface area (Å²) in [5.74, 6) is 0.925. The van der Waals surface area contributed by atoms with E-state index in [2.05, 4.69) is 22.8 Å². The average molecular weight is 264 g/mol. The second kappa shape index (κ2) is 7.79. The fourth-order valence-electron chi connectivity index (χ4n) is 2.11. The van der Waals surface area contributed by atoms with Crippen molar-refractivity contribution < 1.29 is 9.53 Å². The molecular weight excluding hydrogens is 240 g/mol. The van der Waals surface area contributed by atoms with Gasteiger partial charge in [0.25, 0.3) is 0 Å². The van der Waals surface area contributed by atoms with E-state index in [1.54, 1.807) is 0 Å². The van der Waals surface area contributed by atoms with Crippen molar-refractivity contribution in [1.29, 1.82) is 0 Å². The van der Waals surface area contributed by atoms with E-state index in [1.165, 1.54) is 5.56 Å². The fourth-order valence-corrected chi connectivity index (χ4v) is 2.11. The normalized spacial score (nSPS) is 10.3. The van der Waals surface area contributed by atoms with Gasteiger partial charge in [0, 0.05) is 13.1 Å². The summed E-state index contributed by atoms with van der Waals surface area (Å²) >= 11 is 0. The average Bonchev–Trinajstić information content (AvgIpc) is 2.33. The molecule has 1 amide bonds. The molecule has 0 unspecified atom stereocenters. The van der Waals surface area contributed by atoms with Crippen LogP contribution < -0.4 is 15.4 Å². The highest BCUT2D eigenvalue weighted by atomic mass is 16.5. The van der Waals surface area contributed by atoms with Gasteiger partial charge in [0.15, 0.2) is 0 Å². The van der Waals surface area contributed by atoms with E-state index in [0.717, 1.165) is 23.4 Å². The monoisotopic (exact) mass is 264 g/mol. The number of rotatable bonds is 7. The summed E-state index contributed by atoms with van der Waals surface area (Å²) in [4.78, 5) is 11.3. The highest BCUT2D eigenvalue weighted by Crippen LogP contribution is 2.24. The van der Waals surface area contributed by atoms with Crippen molar-refractivity contribution in [2.24, 2.45) is 0 Å². The molecule has 0 fully saturated rings. The van der Waals surface area contributed by atoms with E-state index >= 15 is 0 Å². The van der Waals surface area contributed by atoms with E-state index in [9.17, 15) is 4.79 Å². The third-order valence-corrected chi connectivity index (χ3v) is 2.85. The Bertz CT molecular complexity index is 407. The molecule has 0 bridgehead atoms. The first kappa shape index (κ1) is 15.5. The van der Waals surface area contributed by atoms with Crippen LogP contribution in [0.1, 0.15) is 30.0 Å². The summed E-state index contributed by atoms with van der Waals surface area (Å²) in [5.41, 5.74) is 3.47. The van der Waals surface area contributed by atoms with Gasteiger partial charge in [-0.3, -0.25) is 4.79 Å². The Kier molecular flexibility index (Phi) is 6.36. The SMILES string of the molecule is CCNC(=O)CCOc1c(C)cc(CNC)cc1C. The van der Waals surface area contributed by atoms with Crippen molar-refractivity contribution in [3.63, 3.8) is 0 Å². The predicted molar refractivity (Wildman–Crippen MR) is 77.5 cm³/mol. The van der Waals surface area contributed by atoms with Gasteiger partial charge in [-0.15, -0.1) is 0 Å². The van der Waals surface area contributed by atoms with Crippen LogP contribution in [-0.4, -0.2) is 26.1 Å². The molecular formula is C15H24N2O2. The van der Waals surface area contributed by atoms with E-state index < -0.39 is 0 Å². The molecule has 1 rings (SSSR count). The smallest absolute Gasteiger partial charge is 0.223 e. The van der Waals surface area contributed by atoms with E-state index in [1.807, 2.05) is 27.8 Å². The van der Waals surface area contributed by atoms with E-state index in [4.69, 9.17) is 4.74 Å². The van der Waals surface area contributed by atoms with Crippen LogP contribution in [0.5, 0.6) is 5.75 Å². The molecule has 0 heterocycles. The van der Waals surface area contributed by atoms with Crippen LogP contribution in [0.15, 0.2) is 12.1 Å². The molecule has 19 heavy (non-hydrogen) atoms. The van der Waals surface area contributed by atoms with Crippen molar-refractivity contribution in [3.8, 4) is 5.75 Å². The van der Waals surface area contributed by atoms with Crippen molar-refractivity contribution in [3.05, 3.63) is 28.8 Å². The summed E-state index contributed by atoms with van der Waals surface area (Å²) < 4.78 is 5.74. The minimum absolute atomic E-state index is 0.0320.